The van der Waals surface area contributed by atoms with Gasteiger partial charge in [-0.15, -0.1) is 0 Å². The summed E-state index contributed by atoms with van der Waals surface area (Å²) < 4.78 is 0. The van der Waals surface area contributed by atoms with Crippen LogP contribution in [0.4, 0.5) is 0 Å². The lowest BCUT2D eigenvalue weighted by Crippen LogP contribution is -1.98. The Balaban J connectivity index is 3.28. The third-order valence-corrected chi connectivity index (χ3v) is 2.11. The quantitative estimate of drug-likeness (QED) is 0.706. The zero-order valence-corrected chi connectivity index (χ0v) is 7.56. The number of aromatic carboxylic acids is 1. The van der Waals surface area contributed by atoms with Gasteiger partial charge in [0.05, 0.1) is 5.56 Å². The average molecular weight is 167 g/mol. The van der Waals surface area contributed by atoms with E-state index in [1.165, 1.54) is 0 Å². The summed E-state index contributed by atoms with van der Waals surface area (Å²) in [5.41, 5.74) is 3.05. The number of hydrogen-bond donors (Lipinski definition) is 2. The zero-order chi connectivity index (χ0) is 9.30. The Morgan fingerprint density at radius 2 is 2.08 bits per heavy atom. The summed E-state index contributed by atoms with van der Waals surface area (Å²) >= 11 is 0. The van der Waals surface area contributed by atoms with Gasteiger partial charge in [0.2, 0.25) is 0 Å². The molecule has 3 nitrogen and oxygen atoms in total. The summed E-state index contributed by atoms with van der Waals surface area (Å²) in [5.74, 6) is -0.846. The van der Waals surface area contributed by atoms with Crippen molar-refractivity contribution in [1.82, 2.24) is 4.98 Å². The summed E-state index contributed by atoms with van der Waals surface area (Å²) in [7, 11) is 0. The molecule has 0 aliphatic carbocycles. The van der Waals surface area contributed by atoms with Crippen molar-refractivity contribution in [3.63, 3.8) is 0 Å². The fourth-order valence-electron chi connectivity index (χ4n) is 1.49. The summed E-state index contributed by atoms with van der Waals surface area (Å²) in [6.45, 7) is 5.63. The summed E-state index contributed by atoms with van der Waals surface area (Å²) in [6, 6.07) is 0. The number of aromatic amines is 1. The van der Waals surface area contributed by atoms with Gasteiger partial charge in [0.25, 0.3) is 0 Å². The van der Waals surface area contributed by atoms with Crippen molar-refractivity contribution < 1.29 is 9.90 Å². The Kier molecular flexibility index (Phi) is 2.22. The van der Waals surface area contributed by atoms with Crippen molar-refractivity contribution in [2.45, 2.75) is 27.2 Å². The molecular formula is C9H13NO2. The minimum atomic E-state index is -0.846. The molecule has 0 aliphatic rings. The van der Waals surface area contributed by atoms with Crippen LogP contribution in [0.5, 0.6) is 0 Å². The topological polar surface area (TPSA) is 53.1 Å². The van der Waals surface area contributed by atoms with Gasteiger partial charge in [-0.3, -0.25) is 0 Å². The second-order valence-corrected chi connectivity index (χ2v) is 2.89. The molecule has 0 unspecified atom stereocenters. The number of aromatic nitrogens is 1. The summed E-state index contributed by atoms with van der Waals surface area (Å²) in [6.07, 6.45) is 0.847. The number of carbonyl (C=O) groups is 1. The predicted octanol–water partition coefficient (Wildman–Crippen LogP) is 1.89. The standard InChI is InChI=1S/C9H13NO2/c1-4-7-5(2)8(9(11)12)6(3)10-7/h10H,4H2,1-3H3,(H,11,12). The Hall–Kier alpha value is -1.25. The molecular weight excluding hydrogens is 154 g/mol. The van der Waals surface area contributed by atoms with E-state index in [0.717, 1.165) is 23.4 Å². The summed E-state index contributed by atoms with van der Waals surface area (Å²) in [4.78, 5) is 13.8. The van der Waals surface area contributed by atoms with E-state index in [1.807, 2.05) is 13.8 Å². The van der Waals surface area contributed by atoms with Crippen LogP contribution in [0.3, 0.4) is 0 Å². The van der Waals surface area contributed by atoms with Crippen molar-refractivity contribution in [2.24, 2.45) is 0 Å². The van der Waals surface area contributed by atoms with Gasteiger partial charge in [0, 0.05) is 11.4 Å². The Morgan fingerprint density at radius 3 is 2.33 bits per heavy atom. The number of rotatable bonds is 2. The number of H-pyrrole nitrogens is 1. The van der Waals surface area contributed by atoms with Crippen molar-refractivity contribution >= 4 is 5.97 Å². The smallest absolute Gasteiger partial charge is 0.337 e. The van der Waals surface area contributed by atoms with E-state index in [-0.39, 0.29) is 0 Å². The number of carboxylic acid groups (broad SMARTS) is 1. The first-order valence-corrected chi connectivity index (χ1v) is 3.99. The molecule has 0 amide bonds. The highest BCUT2D eigenvalue weighted by molar-refractivity contribution is 5.91. The van der Waals surface area contributed by atoms with Gasteiger partial charge in [0.15, 0.2) is 0 Å². The van der Waals surface area contributed by atoms with Crippen LogP contribution in [-0.2, 0) is 6.42 Å². The minimum Gasteiger partial charge on any atom is -0.478 e. The minimum absolute atomic E-state index is 0.423. The van der Waals surface area contributed by atoms with Gasteiger partial charge in [-0.25, -0.2) is 4.79 Å². The highest BCUT2D eigenvalue weighted by Gasteiger charge is 2.15. The lowest BCUT2D eigenvalue weighted by atomic mass is 10.1. The zero-order valence-electron chi connectivity index (χ0n) is 7.56. The van der Waals surface area contributed by atoms with E-state index >= 15 is 0 Å². The van der Waals surface area contributed by atoms with E-state index < -0.39 is 5.97 Å². The predicted molar refractivity (Wildman–Crippen MR) is 46.6 cm³/mol. The van der Waals surface area contributed by atoms with E-state index in [0.29, 0.717) is 5.56 Å². The third kappa shape index (κ3) is 1.22. The second-order valence-electron chi connectivity index (χ2n) is 2.89. The van der Waals surface area contributed by atoms with Crippen LogP contribution >= 0.6 is 0 Å². The molecule has 1 heterocycles. The van der Waals surface area contributed by atoms with Gasteiger partial charge in [-0.1, -0.05) is 6.92 Å². The van der Waals surface area contributed by atoms with Crippen LogP contribution in [0, 0.1) is 13.8 Å². The molecule has 2 N–H and O–H groups in total. The summed E-state index contributed by atoms with van der Waals surface area (Å²) in [5, 5.41) is 8.84. The lowest BCUT2D eigenvalue weighted by molar-refractivity contribution is 0.0695. The van der Waals surface area contributed by atoms with Gasteiger partial charge in [-0.05, 0) is 25.8 Å². The molecule has 0 aromatic carbocycles. The largest absolute Gasteiger partial charge is 0.478 e. The molecule has 1 aromatic heterocycles. The average Bonchev–Trinajstić information content (AvgIpc) is 2.25. The van der Waals surface area contributed by atoms with Gasteiger partial charge >= 0.3 is 5.97 Å². The molecule has 0 saturated carbocycles. The fraction of sp³-hybridized carbons (Fsp3) is 0.444. The molecule has 1 rings (SSSR count). The Labute approximate surface area is 71.4 Å². The van der Waals surface area contributed by atoms with E-state index in [9.17, 15) is 4.79 Å². The normalized spacial score (nSPS) is 10.2. The number of carboxylic acids is 1. The molecule has 66 valence electrons. The maximum absolute atomic E-state index is 10.8. The number of aryl methyl sites for hydroxylation is 2. The van der Waals surface area contributed by atoms with Crippen molar-refractivity contribution in [3.8, 4) is 0 Å². The molecule has 0 bridgehead atoms. The third-order valence-electron chi connectivity index (χ3n) is 2.11. The first kappa shape index (κ1) is 8.84. The molecule has 0 radical (unpaired) electrons. The highest BCUT2D eigenvalue weighted by Crippen LogP contribution is 2.17. The van der Waals surface area contributed by atoms with Crippen LogP contribution in [0.15, 0.2) is 0 Å². The van der Waals surface area contributed by atoms with Crippen LogP contribution in [-0.4, -0.2) is 16.1 Å². The first-order chi connectivity index (χ1) is 5.57. The van der Waals surface area contributed by atoms with Crippen molar-refractivity contribution in [1.29, 1.82) is 0 Å². The Morgan fingerprint density at radius 1 is 1.50 bits per heavy atom. The number of nitrogens with one attached hydrogen (secondary N) is 1. The molecule has 1 aromatic rings. The van der Waals surface area contributed by atoms with Crippen LogP contribution in [0.25, 0.3) is 0 Å². The maximum Gasteiger partial charge on any atom is 0.337 e. The number of hydrogen-bond acceptors (Lipinski definition) is 1. The van der Waals surface area contributed by atoms with E-state index in [2.05, 4.69) is 4.98 Å². The molecule has 12 heavy (non-hydrogen) atoms. The van der Waals surface area contributed by atoms with Crippen molar-refractivity contribution in [2.75, 3.05) is 0 Å². The molecule has 0 spiro atoms. The van der Waals surface area contributed by atoms with Gasteiger partial charge < -0.3 is 10.1 Å². The molecule has 0 fully saturated rings. The van der Waals surface area contributed by atoms with Gasteiger partial charge in [0.1, 0.15) is 0 Å². The second kappa shape index (κ2) is 3.01. The van der Waals surface area contributed by atoms with E-state index in [1.54, 1.807) is 6.92 Å². The van der Waals surface area contributed by atoms with Crippen molar-refractivity contribution in [3.05, 3.63) is 22.5 Å². The fourth-order valence-corrected chi connectivity index (χ4v) is 1.49. The van der Waals surface area contributed by atoms with Crippen LogP contribution in [0.2, 0.25) is 0 Å². The van der Waals surface area contributed by atoms with E-state index in [4.69, 9.17) is 5.11 Å². The molecule has 0 saturated heterocycles. The first-order valence-electron chi connectivity index (χ1n) is 3.99. The SMILES string of the molecule is CCc1[nH]c(C)c(C(=O)O)c1C. The molecule has 0 atom stereocenters. The molecule has 0 aliphatic heterocycles. The van der Waals surface area contributed by atoms with Crippen LogP contribution < -0.4 is 0 Å². The van der Waals surface area contributed by atoms with Gasteiger partial charge in [-0.2, -0.15) is 0 Å². The molecule has 3 heteroatoms. The maximum atomic E-state index is 10.8. The van der Waals surface area contributed by atoms with Crippen LogP contribution in [0.1, 0.15) is 34.2 Å². The highest BCUT2D eigenvalue weighted by atomic mass is 16.4. The Bertz CT molecular complexity index is 313. The lowest BCUT2D eigenvalue weighted by Gasteiger charge is -1.94. The monoisotopic (exact) mass is 167 g/mol.